The van der Waals surface area contributed by atoms with Gasteiger partial charge >= 0.3 is 0 Å². The number of rotatable bonds is 1. The lowest BCUT2D eigenvalue weighted by molar-refractivity contribution is -0.125. The first kappa shape index (κ1) is 9.64. The number of amides is 1. The summed E-state index contributed by atoms with van der Waals surface area (Å²) in [6, 6.07) is 0.406. The van der Waals surface area contributed by atoms with Gasteiger partial charge in [0.15, 0.2) is 0 Å². The van der Waals surface area contributed by atoms with Crippen molar-refractivity contribution in [2.75, 3.05) is 0 Å². The molecule has 1 amide bonds. The van der Waals surface area contributed by atoms with Crippen LogP contribution in [0.2, 0.25) is 0 Å². The minimum Gasteiger partial charge on any atom is -0.351 e. The van der Waals surface area contributed by atoms with Crippen molar-refractivity contribution >= 4 is 5.91 Å². The molecule has 0 aromatic heterocycles. The van der Waals surface area contributed by atoms with E-state index in [9.17, 15) is 4.79 Å². The standard InChI is InChI=1S/C12H20N2O/c1-7(15)14-12-4-8-2-9(5-12)11(13)10(3-8)6-12/h8-11H,2-6,13H2,1H3,(H,14,15). The fourth-order valence-electron chi connectivity index (χ4n) is 4.59. The average molecular weight is 208 g/mol. The molecule has 0 spiro atoms. The summed E-state index contributed by atoms with van der Waals surface area (Å²) < 4.78 is 0. The normalized spacial score (nSPS) is 51.9. The molecular formula is C12H20N2O. The van der Waals surface area contributed by atoms with Crippen LogP contribution in [0, 0.1) is 17.8 Å². The first-order chi connectivity index (χ1) is 7.08. The Hall–Kier alpha value is -0.570. The van der Waals surface area contributed by atoms with Crippen LogP contribution >= 0.6 is 0 Å². The zero-order valence-electron chi connectivity index (χ0n) is 9.33. The number of carbonyl (C=O) groups is 1. The summed E-state index contributed by atoms with van der Waals surface area (Å²) in [6.45, 7) is 1.64. The number of carbonyl (C=O) groups excluding carboxylic acids is 1. The number of hydrogen-bond acceptors (Lipinski definition) is 2. The summed E-state index contributed by atoms with van der Waals surface area (Å²) >= 11 is 0. The molecule has 0 aromatic carbocycles. The van der Waals surface area contributed by atoms with Crippen LogP contribution in [0.25, 0.3) is 0 Å². The molecule has 2 unspecified atom stereocenters. The zero-order valence-corrected chi connectivity index (χ0v) is 9.33. The van der Waals surface area contributed by atoms with Crippen LogP contribution in [0.1, 0.15) is 39.0 Å². The first-order valence-corrected chi connectivity index (χ1v) is 6.12. The predicted molar refractivity (Wildman–Crippen MR) is 58.1 cm³/mol. The maximum absolute atomic E-state index is 11.3. The molecule has 15 heavy (non-hydrogen) atoms. The van der Waals surface area contributed by atoms with Gasteiger partial charge in [0.1, 0.15) is 0 Å². The minimum atomic E-state index is 0.123. The van der Waals surface area contributed by atoms with Gasteiger partial charge in [0.05, 0.1) is 0 Å². The van der Waals surface area contributed by atoms with Crippen molar-refractivity contribution in [3.63, 3.8) is 0 Å². The van der Waals surface area contributed by atoms with Gasteiger partial charge in [-0.1, -0.05) is 0 Å². The highest BCUT2D eigenvalue weighted by atomic mass is 16.1. The lowest BCUT2D eigenvalue weighted by Crippen LogP contribution is -2.65. The van der Waals surface area contributed by atoms with Crippen LogP contribution in [0.15, 0.2) is 0 Å². The summed E-state index contributed by atoms with van der Waals surface area (Å²) in [7, 11) is 0. The van der Waals surface area contributed by atoms with Gasteiger partial charge in [0.2, 0.25) is 5.91 Å². The van der Waals surface area contributed by atoms with E-state index in [4.69, 9.17) is 5.73 Å². The Morgan fingerprint density at radius 1 is 1.27 bits per heavy atom. The van der Waals surface area contributed by atoms with Crippen LogP contribution in [0.5, 0.6) is 0 Å². The van der Waals surface area contributed by atoms with E-state index in [1.54, 1.807) is 6.92 Å². The topological polar surface area (TPSA) is 55.1 Å². The van der Waals surface area contributed by atoms with E-state index in [2.05, 4.69) is 5.32 Å². The third-order valence-corrected chi connectivity index (χ3v) is 4.79. The fraction of sp³-hybridized carbons (Fsp3) is 0.917. The quantitative estimate of drug-likeness (QED) is 0.676. The van der Waals surface area contributed by atoms with E-state index >= 15 is 0 Å². The monoisotopic (exact) mass is 208 g/mol. The Kier molecular flexibility index (Phi) is 1.91. The van der Waals surface area contributed by atoms with E-state index in [0.29, 0.717) is 17.9 Å². The molecule has 0 saturated heterocycles. The Morgan fingerprint density at radius 3 is 2.40 bits per heavy atom. The molecular weight excluding hydrogens is 188 g/mol. The van der Waals surface area contributed by atoms with Crippen molar-refractivity contribution in [2.24, 2.45) is 23.5 Å². The summed E-state index contributed by atoms with van der Waals surface area (Å²) in [6.07, 6.45) is 6.06. The van der Waals surface area contributed by atoms with Gasteiger partial charge in [-0.25, -0.2) is 0 Å². The molecule has 4 fully saturated rings. The van der Waals surface area contributed by atoms with Gasteiger partial charge in [0, 0.05) is 18.5 Å². The van der Waals surface area contributed by atoms with Crippen molar-refractivity contribution in [2.45, 2.75) is 50.6 Å². The third-order valence-electron chi connectivity index (χ3n) is 4.79. The summed E-state index contributed by atoms with van der Waals surface area (Å²) in [5.74, 6) is 2.30. The molecule has 0 heterocycles. The largest absolute Gasteiger partial charge is 0.351 e. The molecule has 3 nitrogen and oxygen atoms in total. The highest BCUT2D eigenvalue weighted by Crippen LogP contribution is 2.55. The Labute approximate surface area is 90.8 Å². The first-order valence-electron chi connectivity index (χ1n) is 6.12. The maximum Gasteiger partial charge on any atom is 0.217 e. The number of nitrogens with one attached hydrogen (secondary N) is 1. The second-order valence-corrected chi connectivity index (χ2v) is 6.01. The van der Waals surface area contributed by atoms with E-state index in [1.165, 1.54) is 19.3 Å². The molecule has 4 rings (SSSR count). The van der Waals surface area contributed by atoms with Crippen molar-refractivity contribution in [3.8, 4) is 0 Å². The summed E-state index contributed by atoms with van der Waals surface area (Å²) in [5.41, 5.74) is 6.37. The highest BCUT2D eigenvalue weighted by molar-refractivity contribution is 5.74. The maximum atomic E-state index is 11.3. The van der Waals surface area contributed by atoms with E-state index in [0.717, 1.165) is 18.8 Å². The molecule has 0 radical (unpaired) electrons. The van der Waals surface area contributed by atoms with Crippen molar-refractivity contribution < 1.29 is 4.79 Å². The molecule has 2 atom stereocenters. The van der Waals surface area contributed by atoms with Gasteiger partial charge in [-0.15, -0.1) is 0 Å². The smallest absolute Gasteiger partial charge is 0.217 e. The molecule has 0 aromatic rings. The number of hydrogen-bond donors (Lipinski definition) is 2. The Balaban J connectivity index is 1.85. The van der Waals surface area contributed by atoms with E-state index in [-0.39, 0.29) is 11.4 Å². The SMILES string of the molecule is CC(=O)NC12CC3CC(C1)C(N)C(C3)C2. The molecule has 3 heteroatoms. The van der Waals surface area contributed by atoms with Crippen LogP contribution in [0.3, 0.4) is 0 Å². The van der Waals surface area contributed by atoms with Crippen LogP contribution < -0.4 is 11.1 Å². The van der Waals surface area contributed by atoms with Crippen LogP contribution in [-0.4, -0.2) is 17.5 Å². The summed E-state index contributed by atoms with van der Waals surface area (Å²) in [5, 5.41) is 3.21. The summed E-state index contributed by atoms with van der Waals surface area (Å²) in [4.78, 5) is 11.3. The third kappa shape index (κ3) is 1.40. The van der Waals surface area contributed by atoms with Gasteiger partial charge in [0.25, 0.3) is 0 Å². The fourth-order valence-corrected chi connectivity index (χ4v) is 4.59. The second kappa shape index (κ2) is 2.97. The second-order valence-electron chi connectivity index (χ2n) is 6.01. The highest BCUT2D eigenvalue weighted by Gasteiger charge is 2.54. The molecule has 4 bridgehead atoms. The Bertz CT molecular complexity index is 286. The van der Waals surface area contributed by atoms with Crippen molar-refractivity contribution in [1.82, 2.24) is 5.32 Å². The lowest BCUT2D eigenvalue weighted by Gasteiger charge is -2.59. The molecule has 0 aliphatic heterocycles. The minimum absolute atomic E-state index is 0.123. The van der Waals surface area contributed by atoms with Gasteiger partial charge in [-0.3, -0.25) is 4.79 Å². The van der Waals surface area contributed by atoms with Crippen molar-refractivity contribution in [1.29, 1.82) is 0 Å². The molecule has 4 saturated carbocycles. The molecule has 84 valence electrons. The van der Waals surface area contributed by atoms with Gasteiger partial charge in [-0.05, 0) is 49.9 Å². The van der Waals surface area contributed by atoms with Gasteiger partial charge < -0.3 is 11.1 Å². The molecule has 4 aliphatic rings. The molecule has 3 N–H and O–H groups in total. The zero-order chi connectivity index (χ0) is 10.6. The van der Waals surface area contributed by atoms with Crippen molar-refractivity contribution in [3.05, 3.63) is 0 Å². The Morgan fingerprint density at radius 2 is 1.87 bits per heavy atom. The van der Waals surface area contributed by atoms with Gasteiger partial charge in [-0.2, -0.15) is 0 Å². The van der Waals surface area contributed by atoms with E-state index < -0.39 is 0 Å². The van der Waals surface area contributed by atoms with Crippen LogP contribution in [-0.2, 0) is 4.79 Å². The van der Waals surface area contributed by atoms with E-state index in [1.807, 2.05) is 0 Å². The van der Waals surface area contributed by atoms with Crippen LogP contribution in [0.4, 0.5) is 0 Å². The predicted octanol–water partition coefficient (Wildman–Crippen LogP) is 1.03. The molecule has 4 aliphatic carbocycles. The number of nitrogens with two attached hydrogens (primary N) is 1. The average Bonchev–Trinajstić information content (AvgIpc) is 2.10. The lowest BCUT2D eigenvalue weighted by atomic mass is 9.51.